The number of benzene rings is 1. The number of hydrogen-bond acceptors (Lipinski definition) is 3. The van der Waals surface area contributed by atoms with Gasteiger partial charge in [0.25, 0.3) is 0 Å². The zero-order valence-electron chi connectivity index (χ0n) is 14.0. The summed E-state index contributed by atoms with van der Waals surface area (Å²) >= 11 is 5.43. The van der Waals surface area contributed by atoms with E-state index in [-0.39, 0.29) is 5.82 Å². The molecule has 4 rings (SSSR count). The zero-order chi connectivity index (χ0) is 17.2. The van der Waals surface area contributed by atoms with Crippen molar-refractivity contribution < 1.29 is 8.81 Å². The third kappa shape index (κ3) is 3.85. The Morgan fingerprint density at radius 3 is 2.52 bits per heavy atom. The van der Waals surface area contributed by atoms with Crippen molar-refractivity contribution in [3.63, 3.8) is 0 Å². The standard InChI is InChI=1S/C19H22FN3OS/c20-13-3-5-14(6-4-13)21-19(25)22-15-10-16-7-8-17(11-15)23(16)12-18-2-1-9-24-18/h1-6,9,15-17H,7-8,10-12H2,(H2,21,22,25)/t16-,17-/m1/s1. The summed E-state index contributed by atoms with van der Waals surface area (Å²) in [5, 5.41) is 7.18. The third-order valence-corrected chi connectivity index (χ3v) is 5.46. The fraction of sp³-hybridized carbons (Fsp3) is 0.421. The maximum Gasteiger partial charge on any atom is 0.170 e. The Morgan fingerprint density at radius 2 is 1.88 bits per heavy atom. The van der Waals surface area contributed by atoms with E-state index in [4.69, 9.17) is 16.6 Å². The van der Waals surface area contributed by atoms with Crippen LogP contribution in [0, 0.1) is 5.82 Å². The number of nitrogens with zero attached hydrogens (tertiary/aromatic N) is 1. The molecule has 0 aliphatic carbocycles. The number of furan rings is 1. The van der Waals surface area contributed by atoms with E-state index in [2.05, 4.69) is 15.5 Å². The molecule has 25 heavy (non-hydrogen) atoms. The van der Waals surface area contributed by atoms with E-state index in [0.717, 1.165) is 30.8 Å². The van der Waals surface area contributed by atoms with Gasteiger partial charge in [0, 0.05) is 23.8 Å². The molecular weight excluding hydrogens is 337 g/mol. The first-order valence-electron chi connectivity index (χ1n) is 8.78. The Kier molecular flexibility index (Phi) is 4.72. The second-order valence-electron chi connectivity index (χ2n) is 6.91. The first-order valence-corrected chi connectivity index (χ1v) is 9.19. The van der Waals surface area contributed by atoms with Crippen molar-refractivity contribution in [1.82, 2.24) is 10.2 Å². The van der Waals surface area contributed by atoms with Crippen LogP contribution in [-0.2, 0) is 6.54 Å². The summed E-state index contributed by atoms with van der Waals surface area (Å²) in [6.45, 7) is 0.896. The molecule has 2 bridgehead atoms. The average Bonchev–Trinajstić information content (AvgIpc) is 3.17. The van der Waals surface area contributed by atoms with Gasteiger partial charge in [0.15, 0.2) is 5.11 Å². The lowest BCUT2D eigenvalue weighted by atomic mass is 9.97. The van der Waals surface area contributed by atoms with Gasteiger partial charge in [-0.2, -0.15) is 0 Å². The normalized spacial score (nSPS) is 25.7. The van der Waals surface area contributed by atoms with E-state index >= 15 is 0 Å². The summed E-state index contributed by atoms with van der Waals surface area (Å²) in [7, 11) is 0. The third-order valence-electron chi connectivity index (χ3n) is 5.24. The molecule has 0 amide bonds. The lowest BCUT2D eigenvalue weighted by Crippen LogP contribution is -2.50. The average molecular weight is 359 g/mol. The molecule has 0 spiro atoms. The fourth-order valence-corrected chi connectivity index (χ4v) is 4.40. The SMILES string of the molecule is Fc1ccc(NC(=S)NC2C[C@H]3CC[C@H](C2)N3Cc2ccco2)cc1. The highest BCUT2D eigenvalue weighted by Crippen LogP contribution is 2.36. The topological polar surface area (TPSA) is 40.4 Å². The summed E-state index contributed by atoms with van der Waals surface area (Å²) in [5.41, 5.74) is 0.803. The molecule has 3 heterocycles. The minimum Gasteiger partial charge on any atom is -0.468 e. The minimum atomic E-state index is -0.245. The van der Waals surface area contributed by atoms with Crippen molar-refractivity contribution in [3.8, 4) is 0 Å². The molecule has 0 unspecified atom stereocenters. The molecule has 132 valence electrons. The summed E-state index contributed by atoms with van der Waals surface area (Å²) in [5.74, 6) is 0.793. The van der Waals surface area contributed by atoms with Crippen LogP contribution in [0.3, 0.4) is 0 Å². The number of fused-ring (bicyclic) bond motifs is 2. The van der Waals surface area contributed by atoms with E-state index in [9.17, 15) is 4.39 Å². The van der Waals surface area contributed by atoms with Crippen LogP contribution in [0.1, 0.15) is 31.4 Å². The highest BCUT2D eigenvalue weighted by Gasteiger charge is 2.41. The predicted octanol–water partition coefficient (Wildman–Crippen LogP) is 3.90. The fourth-order valence-electron chi connectivity index (χ4n) is 4.12. The van der Waals surface area contributed by atoms with Gasteiger partial charge in [-0.15, -0.1) is 0 Å². The Hall–Kier alpha value is -1.92. The van der Waals surface area contributed by atoms with Crippen LogP contribution in [0.5, 0.6) is 0 Å². The highest BCUT2D eigenvalue weighted by molar-refractivity contribution is 7.80. The van der Waals surface area contributed by atoms with Crippen molar-refractivity contribution in [2.24, 2.45) is 0 Å². The lowest BCUT2D eigenvalue weighted by molar-refractivity contribution is 0.106. The minimum absolute atomic E-state index is 0.245. The monoisotopic (exact) mass is 359 g/mol. The Labute approximate surface area is 152 Å². The molecule has 1 aromatic heterocycles. The summed E-state index contributed by atoms with van der Waals surface area (Å²) in [6.07, 6.45) is 6.39. The molecular formula is C19H22FN3OS. The van der Waals surface area contributed by atoms with E-state index in [0.29, 0.717) is 23.2 Å². The van der Waals surface area contributed by atoms with Crippen LogP contribution >= 0.6 is 12.2 Å². The molecule has 1 aromatic carbocycles. The number of anilines is 1. The summed E-state index contributed by atoms with van der Waals surface area (Å²) in [4.78, 5) is 2.58. The van der Waals surface area contributed by atoms with E-state index < -0.39 is 0 Å². The van der Waals surface area contributed by atoms with Gasteiger partial charge in [0.1, 0.15) is 11.6 Å². The van der Waals surface area contributed by atoms with E-state index in [1.54, 1.807) is 18.4 Å². The molecule has 0 saturated carbocycles. The first-order chi connectivity index (χ1) is 12.2. The maximum absolute atomic E-state index is 13.0. The van der Waals surface area contributed by atoms with Crippen LogP contribution in [0.25, 0.3) is 0 Å². The van der Waals surface area contributed by atoms with Gasteiger partial charge < -0.3 is 15.1 Å². The molecule has 2 aliphatic heterocycles. The zero-order valence-corrected chi connectivity index (χ0v) is 14.8. The molecule has 2 aliphatic rings. The largest absolute Gasteiger partial charge is 0.468 e. The number of rotatable bonds is 4. The van der Waals surface area contributed by atoms with Crippen LogP contribution in [0.15, 0.2) is 47.1 Å². The molecule has 2 saturated heterocycles. The number of hydrogen-bond donors (Lipinski definition) is 2. The highest BCUT2D eigenvalue weighted by atomic mass is 32.1. The van der Waals surface area contributed by atoms with Gasteiger partial charge >= 0.3 is 0 Å². The summed E-state index contributed by atoms with van der Waals surface area (Å²) < 4.78 is 18.5. The molecule has 0 radical (unpaired) electrons. The number of nitrogens with one attached hydrogen (secondary N) is 2. The molecule has 2 N–H and O–H groups in total. The van der Waals surface area contributed by atoms with Gasteiger partial charge in [0.2, 0.25) is 0 Å². The molecule has 2 fully saturated rings. The quantitative estimate of drug-likeness (QED) is 0.810. The molecule has 2 atom stereocenters. The van der Waals surface area contributed by atoms with Gasteiger partial charge in [0.05, 0.1) is 12.8 Å². The Balaban J connectivity index is 1.31. The smallest absolute Gasteiger partial charge is 0.170 e. The second-order valence-corrected chi connectivity index (χ2v) is 7.32. The van der Waals surface area contributed by atoms with Crippen LogP contribution in [-0.4, -0.2) is 28.1 Å². The number of piperidine rings is 1. The molecule has 2 aromatic rings. The van der Waals surface area contributed by atoms with Crippen LogP contribution in [0.4, 0.5) is 10.1 Å². The van der Waals surface area contributed by atoms with E-state index in [1.165, 1.54) is 25.0 Å². The van der Waals surface area contributed by atoms with Crippen molar-refractivity contribution >= 4 is 23.0 Å². The summed E-state index contributed by atoms with van der Waals surface area (Å²) in [6, 6.07) is 11.8. The Morgan fingerprint density at radius 1 is 1.16 bits per heavy atom. The van der Waals surface area contributed by atoms with Crippen molar-refractivity contribution in [1.29, 1.82) is 0 Å². The first kappa shape index (κ1) is 16.5. The van der Waals surface area contributed by atoms with Crippen molar-refractivity contribution in [2.45, 2.75) is 50.4 Å². The Bertz CT molecular complexity index is 705. The van der Waals surface area contributed by atoms with Crippen molar-refractivity contribution in [2.75, 3.05) is 5.32 Å². The lowest BCUT2D eigenvalue weighted by Gasteiger charge is -2.39. The van der Waals surface area contributed by atoms with Gasteiger partial charge in [-0.1, -0.05) is 0 Å². The molecule has 4 nitrogen and oxygen atoms in total. The van der Waals surface area contributed by atoms with Gasteiger partial charge in [-0.05, 0) is 74.3 Å². The second kappa shape index (κ2) is 7.14. The van der Waals surface area contributed by atoms with Gasteiger partial charge in [-0.3, -0.25) is 4.90 Å². The van der Waals surface area contributed by atoms with Crippen molar-refractivity contribution in [3.05, 3.63) is 54.2 Å². The van der Waals surface area contributed by atoms with Crippen LogP contribution in [0.2, 0.25) is 0 Å². The maximum atomic E-state index is 13.0. The number of halogens is 1. The molecule has 6 heteroatoms. The van der Waals surface area contributed by atoms with E-state index in [1.807, 2.05) is 12.1 Å². The van der Waals surface area contributed by atoms with Gasteiger partial charge in [-0.25, -0.2) is 4.39 Å². The number of thiocarbonyl (C=S) groups is 1. The predicted molar refractivity (Wildman–Crippen MR) is 99.8 cm³/mol. The van der Waals surface area contributed by atoms with Crippen LogP contribution < -0.4 is 10.6 Å².